The highest BCUT2D eigenvalue weighted by atomic mass is 35.5. The Bertz CT molecular complexity index is 205. The maximum atomic E-state index is 5.55. The van der Waals surface area contributed by atoms with Crippen LogP contribution in [0.4, 0.5) is 0 Å². The zero-order valence-corrected chi connectivity index (χ0v) is 7.53. The van der Waals surface area contributed by atoms with E-state index in [0.29, 0.717) is 5.88 Å². The summed E-state index contributed by atoms with van der Waals surface area (Å²) in [7, 11) is 0. The van der Waals surface area contributed by atoms with E-state index in [4.69, 9.17) is 16.0 Å². The maximum absolute atomic E-state index is 5.55. The molecular formula is C9H13ClO. The van der Waals surface area contributed by atoms with E-state index in [-0.39, 0.29) is 0 Å². The molecule has 0 saturated carbocycles. The topological polar surface area (TPSA) is 13.1 Å². The van der Waals surface area contributed by atoms with Crippen LogP contribution in [0.3, 0.4) is 0 Å². The molecule has 1 heterocycles. The van der Waals surface area contributed by atoms with Gasteiger partial charge in [0.05, 0.1) is 0 Å². The Morgan fingerprint density at radius 1 is 1.36 bits per heavy atom. The van der Waals surface area contributed by atoms with Gasteiger partial charge in [0.1, 0.15) is 11.5 Å². The van der Waals surface area contributed by atoms with Crippen molar-refractivity contribution in [1.29, 1.82) is 0 Å². The number of rotatable bonds is 4. The van der Waals surface area contributed by atoms with E-state index in [1.165, 1.54) is 0 Å². The molecular weight excluding hydrogens is 160 g/mol. The molecule has 0 radical (unpaired) electrons. The lowest BCUT2D eigenvalue weighted by Gasteiger charge is -1.92. The van der Waals surface area contributed by atoms with Crippen LogP contribution in [0.15, 0.2) is 16.5 Å². The Kier molecular flexibility index (Phi) is 3.50. The molecule has 0 aliphatic rings. The molecule has 0 N–H and O–H groups in total. The molecule has 0 aliphatic carbocycles. The Labute approximate surface area is 72.4 Å². The number of halogens is 1. The molecule has 62 valence electrons. The third-order valence-corrected chi connectivity index (χ3v) is 1.89. The fourth-order valence-corrected chi connectivity index (χ4v) is 1.12. The minimum Gasteiger partial charge on any atom is -0.466 e. The van der Waals surface area contributed by atoms with Crippen LogP contribution in [0, 0.1) is 0 Å². The van der Waals surface area contributed by atoms with E-state index < -0.39 is 0 Å². The molecule has 0 unspecified atom stereocenters. The van der Waals surface area contributed by atoms with Crippen LogP contribution in [-0.4, -0.2) is 5.88 Å². The molecule has 0 aromatic carbocycles. The molecule has 0 saturated heterocycles. The summed E-state index contributed by atoms with van der Waals surface area (Å²) in [5, 5.41) is 0. The van der Waals surface area contributed by atoms with Gasteiger partial charge in [-0.05, 0) is 18.6 Å². The smallest absolute Gasteiger partial charge is 0.104 e. The lowest BCUT2D eigenvalue weighted by atomic mass is 10.3. The standard InChI is InChI=1S/C9H13ClO/c1-2-8-5-6-9(11-8)4-3-7-10/h5-6H,2-4,7H2,1H3. The van der Waals surface area contributed by atoms with Gasteiger partial charge in [-0.15, -0.1) is 11.6 Å². The first-order valence-corrected chi connectivity index (χ1v) is 4.53. The molecule has 1 nitrogen and oxygen atoms in total. The average Bonchev–Trinajstić information content (AvgIpc) is 2.48. The Morgan fingerprint density at radius 2 is 2.09 bits per heavy atom. The average molecular weight is 173 g/mol. The lowest BCUT2D eigenvalue weighted by molar-refractivity contribution is 0.467. The Balaban J connectivity index is 2.44. The van der Waals surface area contributed by atoms with E-state index in [9.17, 15) is 0 Å². The van der Waals surface area contributed by atoms with Gasteiger partial charge in [0.15, 0.2) is 0 Å². The normalized spacial score (nSPS) is 10.4. The molecule has 0 spiro atoms. The highest BCUT2D eigenvalue weighted by Crippen LogP contribution is 2.10. The summed E-state index contributed by atoms with van der Waals surface area (Å²) >= 11 is 5.55. The SMILES string of the molecule is CCc1ccc(CCCCl)o1. The predicted octanol–water partition coefficient (Wildman–Crippen LogP) is 3.01. The van der Waals surface area contributed by atoms with Crippen LogP contribution in [0.2, 0.25) is 0 Å². The molecule has 1 rings (SSSR count). The lowest BCUT2D eigenvalue weighted by Crippen LogP contribution is -1.81. The van der Waals surface area contributed by atoms with Crippen molar-refractivity contribution in [3.8, 4) is 0 Å². The quantitative estimate of drug-likeness (QED) is 0.637. The largest absolute Gasteiger partial charge is 0.466 e. The summed E-state index contributed by atoms with van der Waals surface area (Å²) < 4.78 is 5.48. The first-order valence-electron chi connectivity index (χ1n) is 4.00. The van der Waals surface area contributed by atoms with Crippen LogP contribution in [0.25, 0.3) is 0 Å². The molecule has 11 heavy (non-hydrogen) atoms. The number of alkyl halides is 1. The van der Waals surface area contributed by atoms with E-state index in [1.54, 1.807) is 0 Å². The minimum atomic E-state index is 0.710. The van der Waals surface area contributed by atoms with E-state index in [1.807, 2.05) is 12.1 Å². The second-order valence-electron chi connectivity index (χ2n) is 2.51. The van der Waals surface area contributed by atoms with E-state index in [2.05, 4.69) is 6.92 Å². The fraction of sp³-hybridized carbons (Fsp3) is 0.556. The summed E-state index contributed by atoms with van der Waals surface area (Å²) in [4.78, 5) is 0. The highest BCUT2D eigenvalue weighted by molar-refractivity contribution is 6.17. The summed E-state index contributed by atoms with van der Waals surface area (Å²) in [5.41, 5.74) is 0. The Hall–Kier alpha value is -0.430. The Morgan fingerprint density at radius 3 is 2.64 bits per heavy atom. The monoisotopic (exact) mass is 172 g/mol. The van der Waals surface area contributed by atoms with Crippen LogP contribution in [-0.2, 0) is 12.8 Å². The predicted molar refractivity (Wildman–Crippen MR) is 47.1 cm³/mol. The summed E-state index contributed by atoms with van der Waals surface area (Å²) in [6.07, 6.45) is 2.93. The van der Waals surface area contributed by atoms with Crippen molar-refractivity contribution in [3.63, 3.8) is 0 Å². The van der Waals surface area contributed by atoms with Gasteiger partial charge in [-0.2, -0.15) is 0 Å². The molecule has 0 bridgehead atoms. The number of hydrogen-bond donors (Lipinski definition) is 0. The van der Waals surface area contributed by atoms with Crippen molar-refractivity contribution in [2.45, 2.75) is 26.2 Å². The molecule has 0 fully saturated rings. The van der Waals surface area contributed by atoms with Gasteiger partial charge < -0.3 is 4.42 Å². The van der Waals surface area contributed by atoms with Gasteiger partial charge >= 0.3 is 0 Å². The number of hydrogen-bond acceptors (Lipinski definition) is 1. The second kappa shape index (κ2) is 4.45. The van der Waals surface area contributed by atoms with E-state index in [0.717, 1.165) is 30.8 Å². The van der Waals surface area contributed by atoms with Crippen molar-refractivity contribution in [3.05, 3.63) is 23.7 Å². The van der Waals surface area contributed by atoms with Crippen LogP contribution >= 0.6 is 11.6 Å². The third kappa shape index (κ3) is 2.58. The van der Waals surface area contributed by atoms with E-state index >= 15 is 0 Å². The van der Waals surface area contributed by atoms with Crippen molar-refractivity contribution in [2.75, 3.05) is 5.88 Å². The summed E-state index contributed by atoms with van der Waals surface area (Å²) in [6.45, 7) is 2.09. The van der Waals surface area contributed by atoms with Gasteiger partial charge in [-0.3, -0.25) is 0 Å². The first kappa shape index (κ1) is 8.66. The molecule has 0 aliphatic heterocycles. The third-order valence-electron chi connectivity index (χ3n) is 1.62. The van der Waals surface area contributed by atoms with Gasteiger partial charge in [0.25, 0.3) is 0 Å². The second-order valence-corrected chi connectivity index (χ2v) is 2.89. The summed E-state index contributed by atoms with van der Waals surface area (Å²) in [6, 6.07) is 4.06. The van der Waals surface area contributed by atoms with Gasteiger partial charge in [0, 0.05) is 18.7 Å². The van der Waals surface area contributed by atoms with Crippen molar-refractivity contribution in [1.82, 2.24) is 0 Å². The molecule has 2 heteroatoms. The molecule has 0 atom stereocenters. The minimum absolute atomic E-state index is 0.710. The summed E-state index contributed by atoms with van der Waals surface area (Å²) in [5.74, 6) is 2.83. The zero-order chi connectivity index (χ0) is 8.10. The van der Waals surface area contributed by atoms with Crippen LogP contribution in [0.5, 0.6) is 0 Å². The molecule has 1 aromatic rings. The van der Waals surface area contributed by atoms with Gasteiger partial charge in [-0.1, -0.05) is 6.92 Å². The van der Waals surface area contributed by atoms with Crippen molar-refractivity contribution in [2.24, 2.45) is 0 Å². The first-order chi connectivity index (χ1) is 5.36. The zero-order valence-electron chi connectivity index (χ0n) is 6.77. The van der Waals surface area contributed by atoms with Crippen molar-refractivity contribution < 1.29 is 4.42 Å². The molecule has 1 aromatic heterocycles. The maximum Gasteiger partial charge on any atom is 0.104 e. The number of furan rings is 1. The van der Waals surface area contributed by atoms with Gasteiger partial charge in [-0.25, -0.2) is 0 Å². The fourth-order valence-electron chi connectivity index (χ4n) is 0.988. The number of aryl methyl sites for hydroxylation is 2. The highest BCUT2D eigenvalue weighted by Gasteiger charge is 1.98. The molecule has 0 amide bonds. The van der Waals surface area contributed by atoms with Crippen LogP contribution in [0.1, 0.15) is 24.9 Å². The van der Waals surface area contributed by atoms with Gasteiger partial charge in [0.2, 0.25) is 0 Å². The van der Waals surface area contributed by atoms with Crippen molar-refractivity contribution >= 4 is 11.6 Å². The van der Waals surface area contributed by atoms with Crippen LogP contribution < -0.4 is 0 Å².